The molecule has 1 aliphatic heterocycles. The van der Waals surface area contributed by atoms with E-state index in [1.807, 2.05) is 0 Å². The van der Waals surface area contributed by atoms with Gasteiger partial charge in [0, 0.05) is 24.6 Å². The normalized spacial score (nSPS) is 20.6. The smallest absolute Gasteiger partial charge is 0.406 e. The molecule has 22 heavy (non-hydrogen) atoms. The van der Waals surface area contributed by atoms with Crippen molar-refractivity contribution in [3.63, 3.8) is 0 Å². The highest BCUT2D eigenvalue weighted by atomic mass is 19.4. The number of likely N-dealkylation sites (tertiary alicyclic amines) is 1. The molecule has 122 valence electrons. The number of alkyl halides is 3. The monoisotopic (exact) mass is 317 g/mol. The molecule has 1 N–H and O–H groups in total. The molecule has 4 nitrogen and oxygen atoms in total. The SMILES string of the molecule is CC(O)C1CCCN(C(=O)c2cccc(OC(F)(F)F)c2)C1. The van der Waals surface area contributed by atoms with E-state index >= 15 is 0 Å². The first-order valence-electron chi connectivity index (χ1n) is 7.09. The Bertz CT molecular complexity index is 531. The topological polar surface area (TPSA) is 49.8 Å². The highest BCUT2D eigenvalue weighted by molar-refractivity contribution is 5.94. The zero-order chi connectivity index (χ0) is 16.3. The minimum absolute atomic E-state index is 0.00712. The van der Waals surface area contributed by atoms with Crippen molar-refractivity contribution < 1.29 is 27.8 Å². The number of rotatable bonds is 3. The average Bonchev–Trinajstić information content (AvgIpc) is 2.45. The van der Waals surface area contributed by atoms with Gasteiger partial charge in [0.15, 0.2) is 0 Å². The van der Waals surface area contributed by atoms with Crippen molar-refractivity contribution >= 4 is 5.91 Å². The molecule has 1 aliphatic rings. The van der Waals surface area contributed by atoms with E-state index < -0.39 is 18.2 Å². The zero-order valence-corrected chi connectivity index (χ0v) is 12.1. The fraction of sp³-hybridized carbons (Fsp3) is 0.533. The van der Waals surface area contributed by atoms with Crippen LogP contribution in [0.3, 0.4) is 0 Å². The molecule has 1 amide bonds. The molecule has 0 radical (unpaired) electrons. The summed E-state index contributed by atoms with van der Waals surface area (Å²) >= 11 is 0. The molecule has 7 heteroatoms. The van der Waals surface area contributed by atoms with E-state index in [1.54, 1.807) is 11.8 Å². The van der Waals surface area contributed by atoms with Gasteiger partial charge in [-0.05, 0) is 38.0 Å². The molecule has 1 fully saturated rings. The molecule has 2 rings (SSSR count). The number of carbonyl (C=O) groups excluding carboxylic acids is 1. The Morgan fingerprint density at radius 1 is 1.45 bits per heavy atom. The summed E-state index contributed by atoms with van der Waals surface area (Å²) in [5, 5.41) is 9.64. The standard InChI is InChI=1S/C15H18F3NO3/c1-10(20)12-5-3-7-19(9-12)14(21)11-4-2-6-13(8-11)22-15(16,17)18/h2,4,6,8,10,12,20H,3,5,7,9H2,1H3. The second kappa shape index (κ2) is 6.56. The van der Waals surface area contributed by atoms with Crippen LogP contribution in [-0.2, 0) is 0 Å². The molecule has 1 aromatic rings. The maximum atomic E-state index is 12.4. The summed E-state index contributed by atoms with van der Waals surface area (Å²) in [6.07, 6.45) is -3.71. The van der Waals surface area contributed by atoms with Crippen LogP contribution >= 0.6 is 0 Å². The van der Waals surface area contributed by atoms with Crippen molar-refractivity contribution in [2.45, 2.75) is 32.2 Å². The van der Waals surface area contributed by atoms with Crippen LogP contribution in [0.1, 0.15) is 30.1 Å². The fourth-order valence-corrected chi connectivity index (χ4v) is 2.60. The van der Waals surface area contributed by atoms with Gasteiger partial charge in [-0.15, -0.1) is 13.2 Å². The lowest BCUT2D eigenvalue weighted by molar-refractivity contribution is -0.274. The van der Waals surface area contributed by atoms with Gasteiger partial charge in [-0.3, -0.25) is 4.79 Å². The second-order valence-electron chi connectivity index (χ2n) is 5.47. The van der Waals surface area contributed by atoms with E-state index in [9.17, 15) is 23.1 Å². The Morgan fingerprint density at radius 2 is 2.18 bits per heavy atom. The van der Waals surface area contributed by atoms with E-state index in [0.29, 0.717) is 13.1 Å². The lowest BCUT2D eigenvalue weighted by Crippen LogP contribution is -2.42. The van der Waals surface area contributed by atoms with Crippen LogP contribution in [0.25, 0.3) is 0 Å². The first-order chi connectivity index (χ1) is 10.3. The van der Waals surface area contributed by atoms with Crippen molar-refractivity contribution in [3.8, 4) is 5.75 Å². The average molecular weight is 317 g/mol. The van der Waals surface area contributed by atoms with Gasteiger partial charge >= 0.3 is 6.36 Å². The van der Waals surface area contributed by atoms with Crippen LogP contribution in [0.15, 0.2) is 24.3 Å². The summed E-state index contributed by atoms with van der Waals surface area (Å²) in [6.45, 7) is 2.61. The summed E-state index contributed by atoms with van der Waals surface area (Å²) in [5.41, 5.74) is 0.146. The Balaban J connectivity index is 2.10. The largest absolute Gasteiger partial charge is 0.573 e. The minimum Gasteiger partial charge on any atom is -0.406 e. The van der Waals surface area contributed by atoms with Gasteiger partial charge in [-0.2, -0.15) is 0 Å². The molecule has 1 saturated heterocycles. The zero-order valence-electron chi connectivity index (χ0n) is 12.1. The Hall–Kier alpha value is -1.76. The van der Waals surface area contributed by atoms with Gasteiger partial charge in [0.1, 0.15) is 5.75 Å². The number of halogens is 3. The number of hydrogen-bond acceptors (Lipinski definition) is 3. The van der Waals surface area contributed by atoms with Crippen molar-refractivity contribution in [2.75, 3.05) is 13.1 Å². The molecule has 0 saturated carbocycles. The predicted molar refractivity (Wildman–Crippen MR) is 73.4 cm³/mol. The summed E-state index contributed by atoms with van der Waals surface area (Å²) in [4.78, 5) is 14.0. The second-order valence-corrected chi connectivity index (χ2v) is 5.47. The van der Waals surface area contributed by atoms with Crippen LogP contribution in [-0.4, -0.2) is 41.5 Å². The fourth-order valence-electron chi connectivity index (χ4n) is 2.60. The van der Waals surface area contributed by atoms with Crippen molar-refractivity contribution in [1.29, 1.82) is 0 Å². The molecule has 0 aliphatic carbocycles. The maximum absolute atomic E-state index is 12.4. The lowest BCUT2D eigenvalue weighted by atomic mass is 9.93. The molecule has 1 aromatic carbocycles. The van der Waals surface area contributed by atoms with Crippen LogP contribution in [0.4, 0.5) is 13.2 Å². The number of benzene rings is 1. The third kappa shape index (κ3) is 4.37. The van der Waals surface area contributed by atoms with Gasteiger partial charge in [0.05, 0.1) is 6.10 Å². The predicted octanol–water partition coefficient (Wildman–Crippen LogP) is 2.82. The summed E-state index contributed by atoms with van der Waals surface area (Å²) in [5.74, 6) is -0.771. The molecule has 2 unspecified atom stereocenters. The Labute approximate surface area is 126 Å². The highest BCUT2D eigenvalue weighted by Gasteiger charge is 2.32. The van der Waals surface area contributed by atoms with E-state index in [-0.39, 0.29) is 17.4 Å². The van der Waals surface area contributed by atoms with Crippen molar-refractivity contribution in [3.05, 3.63) is 29.8 Å². The van der Waals surface area contributed by atoms with Crippen LogP contribution in [0.2, 0.25) is 0 Å². The van der Waals surface area contributed by atoms with E-state index in [2.05, 4.69) is 4.74 Å². The molecule has 1 heterocycles. The molecular weight excluding hydrogens is 299 g/mol. The number of piperidine rings is 1. The van der Waals surface area contributed by atoms with Gasteiger partial charge in [0.25, 0.3) is 5.91 Å². The first kappa shape index (κ1) is 16.6. The quantitative estimate of drug-likeness (QED) is 0.932. The molecule has 0 spiro atoms. The number of carbonyl (C=O) groups is 1. The Kier molecular flexibility index (Phi) is 4.95. The lowest BCUT2D eigenvalue weighted by Gasteiger charge is -2.34. The van der Waals surface area contributed by atoms with Gasteiger partial charge < -0.3 is 14.7 Å². The summed E-state index contributed by atoms with van der Waals surface area (Å²) in [7, 11) is 0. The van der Waals surface area contributed by atoms with Gasteiger partial charge in [-0.25, -0.2) is 0 Å². The van der Waals surface area contributed by atoms with Crippen LogP contribution in [0.5, 0.6) is 5.75 Å². The minimum atomic E-state index is -4.79. The third-order valence-electron chi connectivity index (χ3n) is 3.74. The van der Waals surface area contributed by atoms with E-state index in [4.69, 9.17) is 0 Å². The van der Waals surface area contributed by atoms with Crippen molar-refractivity contribution in [2.24, 2.45) is 5.92 Å². The molecular formula is C15H18F3NO3. The van der Waals surface area contributed by atoms with E-state index in [1.165, 1.54) is 12.1 Å². The van der Waals surface area contributed by atoms with Crippen molar-refractivity contribution in [1.82, 2.24) is 4.90 Å². The summed E-state index contributed by atoms with van der Waals surface area (Å²) in [6, 6.07) is 5.04. The molecule has 0 aromatic heterocycles. The number of aliphatic hydroxyl groups is 1. The van der Waals surface area contributed by atoms with Gasteiger partial charge in [0.2, 0.25) is 0 Å². The maximum Gasteiger partial charge on any atom is 0.573 e. The molecule has 0 bridgehead atoms. The number of amides is 1. The first-order valence-corrected chi connectivity index (χ1v) is 7.09. The van der Waals surface area contributed by atoms with Gasteiger partial charge in [-0.1, -0.05) is 6.07 Å². The Morgan fingerprint density at radius 3 is 2.82 bits per heavy atom. The molecule has 2 atom stereocenters. The number of aliphatic hydroxyl groups excluding tert-OH is 1. The third-order valence-corrected chi connectivity index (χ3v) is 3.74. The summed E-state index contributed by atoms with van der Waals surface area (Å²) < 4.78 is 40.5. The number of ether oxygens (including phenoxy) is 1. The van der Waals surface area contributed by atoms with Crippen LogP contribution < -0.4 is 4.74 Å². The number of hydrogen-bond donors (Lipinski definition) is 1. The highest BCUT2D eigenvalue weighted by Crippen LogP contribution is 2.25. The van der Waals surface area contributed by atoms with E-state index in [0.717, 1.165) is 25.0 Å². The van der Waals surface area contributed by atoms with Crippen LogP contribution in [0, 0.1) is 5.92 Å². The number of nitrogens with zero attached hydrogens (tertiary/aromatic N) is 1.